The Kier molecular flexibility index (Phi) is 4.52. The topological polar surface area (TPSA) is 41.1 Å². The van der Waals surface area contributed by atoms with Crippen molar-refractivity contribution in [3.05, 3.63) is 69.7 Å². The molecule has 0 bridgehead atoms. The summed E-state index contributed by atoms with van der Waals surface area (Å²) in [4.78, 5) is 13.9. The van der Waals surface area contributed by atoms with Gasteiger partial charge in [0.15, 0.2) is 5.78 Å². The van der Waals surface area contributed by atoms with E-state index in [1.165, 1.54) is 0 Å². The number of alkyl halides is 2. The van der Waals surface area contributed by atoms with Gasteiger partial charge in [-0.1, -0.05) is 47.5 Å². The van der Waals surface area contributed by atoms with Crippen LogP contribution < -0.4 is 10.9 Å². The molecule has 6 unspecified atom stereocenters. The molecule has 6 atom stereocenters. The second-order valence-corrected chi connectivity index (χ2v) is 9.79. The number of halogens is 4. The Hall–Kier alpha value is -0.810. The van der Waals surface area contributed by atoms with E-state index in [2.05, 4.69) is 10.9 Å². The van der Waals surface area contributed by atoms with E-state index in [4.69, 9.17) is 46.4 Å². The first-order valence-electron chi connectivity index (χ1n) is 9.27. The summed E-state index contributed by atoms with van der Waals surface area (Å²) < 4.78 is 0. The molecule has 0 radical (unpaired) electrons. The normalized spacial score (nSPS) is 39.2. The van der Waals surface area contributed by atoms with Gasteiger partial charge >= 0.3 is 0 Å². The zero-order valence-electron chi connectivity index (χ0n) is 14.8. The standard InChI is InChI=1S/C21H18Cl4N2O/c22-13-5-1-11(2-6-13)15-17(24)20(15)9-10-21(19(20)28)16(18(25)26-27-21)12-3-7-14(23)8-4-12/h1-8,15-18,26-27H,9-10H2. The van der Waals surface area contributed by atoms with Crippen LogP contribution in [0.5, 0.6) is 0 Å². The van der Waals surface area contributed by atoms with Crippen molar-refractivity contribution >= 4 is 52.2 Å². The second-order valence-electron chi connectivity index (χ2n) is 7.97. The van der Waals surface area contributed by atoms with Crippen LogP contribution in [0.15, 0.2) is 48.5 Å². The highest BCUT2D eigenvalue weighted by Gasteiger charge is 2.77. The molecule has 0 aromatic heterocycles. The van der Waals surface area contributed by atoms with Crippen molar-refractivity contribution in [2.24, 2.45) is 5.41 Å². The van der Waals surface area contributed by atoms with Gasteiger partial charge in [0.1, 0.15) is 11.0 Å². The number of hydrogen-bond acceptors (Lipinski definition) is 3. The summed E-state index contributed by atoms with van der Waals surface area (Å²) in [6.07, 6.45) is 1.42. The Morgan fingerprint density at radius 1 is 0.821 bits per heavy atom. The number of ketones is 1. The maximum Gasteiger partial charge on any atom is 0.163 e. The number of hydrogen-bond donors (Lipinski definition) is 2. The van der Waals surface area contributed by atoms with Crippen LogP contribution in [0.25, 0.3) is 0 Å². The fraction of sp³-hybridized carbons (Fsp3) is 0.381. The molecule has 28 heavy (non-hydrogen) atoms. The number of carbonyl (C=O) groups is 1. The maximum atomic E-state index is 13.9. The molecule has 0 amide bonds. The van der Waals surface area contributed by atoms with Gasteiger partial charge in [-0.3, -0.25) is 4.79 Å². The third-order valence-electron chi connectivity index (χ3n) is 6.71. The molecule has 2 aromatic carbocycles. The molecule has 2 spiro atoms. The van der Waals surface area contributed by atoms with Crippen LogP contribution >= 0.6 is 46.4 Å². The third kappa shape index (κ3) is 2.54. The minimum atomic E-state index is -0.769. The number of Topliss-reactive ketones (excluding diaryl/α,β-unsaturated/α-hetero) is 1. The summed E-state index contributed by atoms with van der Waals surface area (Å²) in [7, 11) is 0. The number of nitrogens with one attached hydrogen (secondary N) is 2. The highest BCUT2D eigenvalue weighted by molar-refractivity contribution is 6.31. The summed E-state index contributed by atoms with van der Waals surface area (Å²) >= 11 is 25.4. The molecule has 3 fully saturated rings. The molecule has 3 nitrogen and oxygen atoms in total. The molecule has 2 saturated carbocycles. The maximum absolute atomic E-state index is 13.9. The van der Waals surface area contributed by atoms with Gasteiger partial charge in [-0.2, -0.15) is 0 Å². The molecule has 7 heteroatoms. The van der Waals surface area contributed by atoms with Crippen molar-refractivity contribution in [3.8, 4) is 0 Å². The van der Waals surface area contributed by atoms with Crippen LogP contribution in [0.3, 0.4) is 0 Å². The summed E-state index contributed by atoms with van der Waals surface area (Å²) in [5, 5.41) is 1.11. The summed E-state index contributed by atoms with van der Waals surface area (Å²) in [6, 6.07) is 15.2. The first kappa shape index (κ1) is 19.2. The van der Waals surface area contributed by atoms with Crippen LogP contribution in [0.2, 0.25) is 10.0 Å². The molecule has 2 aliphatic carbocycles. The Labute approximate surface area is 183 Å². The van der Waals surface area contributed by atoms with E-state index in [1.54, 1.807) is 0 Å². The Morgan fingerprint density at radius 2 is 1.36 bits per heavy atom. The lowest BCUT2D eigenvalue weighted by atomic mass is 9.77. The Bertz CT molecular complexity index is 934. The van der Waals surface area contributed by atoms with Crippen molar-refractivity contribution in [2.75, 3.05) is 0 Å². The van der Waals surface area contributed by atoms with E-state index in [9.17, 15) is 4.79 Å². The minimum absolute atomic E-state index is 0.000326. The number of carbonyl (C=O) groups excluding carboxylic acids is 1. The SMILES string of the molecule is O=C1C2(CCC13C(Cl)C3c1ccc(Cl)cc1)NNC(Cl)C2c1ccc(Cl)cc1. The van der Waals surface area contributed by atoms with Crippen LogP contribution in [-0.4, -0.2) is 22.2 Å². The lowest BCUT2D eigenvalue weighted by molar-refractivity contribution is -0.127. The van der Waals surface area contributed by atoms with Crippen LogP contribution in [-0.2, 0) is 4.79 Å². The van der Waals surface area contributed by atoms with E-state index < -0.39 is 16.5 Å². The molecule has 1 aliphatic heterocycles. The van der Waals surface area contributed by atoms with E-state index >= 15 is 0 Å². The fourth-order valence-electron chi connectivity index (χ4n) is 5.28. The quantitative estimate of drug-likeness (QED) is 0.480. The van der Waals surface area contributed by atoms with Crippen molar-refractivity contribution < 1.29 is 4.79 Å². The number of hydrazine groups is 1. The number of benzene rings is 2. The highest BCUT2D eigenvalue weighted by Crippen LogP contribution is 2.71. The highest BCUT2D eigenvalue weighted by atomic mass is 35.5. The van der Waals surface area contributed by atoms with Crippen molar-refractivity contribution in [1.82, 2.24) is 10.9 Å². The average molecular weight is 456 g/mol. The Balaban J connectivity index is 1.51. The summed E-state index contributed by atoms with van der Waals surface area (Å²) in [6.45, 7) is 0. The molecular weight excluding hydrogens is 438 g/mol. The lowest BCUT2D eigenvalue weighted by Crippen LogP contribution is -2.51. The van der Waals surface area contributed by atoms with E-state index in [-0.39, 0.29) is 23.0 Å². The zero-order chi connectivity index (χ0) is 19.7. The van der Waals surface area contributed by atoms with E-state index in [0.717, 1.165) is 17.5 Å². The van der Waals surface area contributed by atoms with Gasteiger partial charge in [-0.25, -0.2) is 10.9 Å². The molecule has 2 N–H and O–H groups in total. The lowest BCUT2D eigenvalue weighted by Gasteiger charge is -2.30. The molecule has 3 aliphatic rings. The van der Waals surface area contributed by atoms with E-state index in [0.29, 0.717) is 16.5 Å². The third-order valence-corrected chi connectivity index (χ3v) is 8.21. The fourth-order valence-corrected chi connectivity index (χ4v) is 6.59. The smallest absolute Gasteiger partial charge is 0.163 e. The van der Waals surface area contributed by atoms with Gasteiger partial charge < -0.3 is 0 Å². The summed E-state index contributed by atoms with van der Waals surface area (Å²) in [5.74, 6) is -0.0513. The van der Waals surface area contributed by atoms with Gasteiger partial charge in [0.25, 0.3) is 0 Å². The second kappa shape index (κ2) is 6.60. The molecular formula is C21H18Cl4N2O. The van der Waals surface area contributed by atoms with Crippen molar-refractivity contribution in [1.29, 1.82) is 0 Å². The molecule has 146 valence electrons. The number of rotatable bonds is 2. The largest absolute Gasteiger partial charge is 0.297 e. The van der Waals surface area contributed by atoms with Gasteiger partial charge in [-0.15, -0.1) is 23.2 Å². The monoisotopic (exact) mass is 454 g/mol. The first-order valence-corrected chi connectivity index (χ1v) is 10.9. The zero-order valence-corrected chi connectivity index (χ0v) is 17.8. The van der Waals surface area contributed by atoms with Crippen LogP contribution in [0.4, 0.5) is 0 Å². The minimum Gasteiger partial charge on any atom is -0.297 e. The molecule has 1 heterocycles. The summed E-state index contributed by atoms with van der Waals surface area (Å²) in [5.41, 5.74) is 6.66. The van der Waals surface area contributed by atoms with Gasteiger partial charge in [0.05, 0.1) is 10.8 Å². The molecule has 1 saturated heterocycles. The predicted molar refractivity (Wildman–Crippen MR) is 113 cm³/mol. The van der Waals surface area contributed by atoms with Crippen molar-refractivity contribution in [3.63, 3.8) is 0 Å². The predicted octanol–water partition coefficient (Wildman–Crippen LogP) is 5.24. The Morgan fingerprint density at radius 3 is 1.93 bits per heavy atom. The van der Waals surface area contributed by atoms with Crippen molar-refractivity contribution in [2.45, 2.75) is 41.1 Å². The van der Waals surface area contributed by atoms with Gasteiger partial charge in [-0.05, 0) is 48.2 Å². The van der Waals surface area contributed by atoms with Gasteiger partial charge in [0, 0.05) is 21.9 Å². The average Bonchev–Trinajstić information content (AvgIpc) is 2.97. The molecule has 2 aromatic rings. The van der Waals surface area contributed by atoms with Crippen LogP contribution in [0, 0.1) is 5.41 Å². The van der Waals surface area contributed by atoms with Gasteiger partial charge in [0.2, 0.25) is 0 Å². The van der Waals surface area contributed by atoms with Crippen LogP contribution in [0.1, 0.15) is 35.8 Å². The first-order chi connectivity index (χ1) is 13.4. The van der Waals surface area contributed by atoms with E-state index in [1.807, 2.05) is 48.5 Å². The molecule has 5 rings (SSSR count).